The van der Waals surface area contributed by atoms with Crippen molar-refractivity contribution >= 4 is 45.8 Å². The minimum atomic E-state index is -1.17. The van der Waals surface area contributed by atoms with Gasteiger partial charge in [-0.1, -0.05) is 103 Å². The average Bonchev–Trinajstić information content (AvgIpc) is 3.40. The molecule has 7 heteroatoms. The van der Waals surface area contributed by atoms with Crippen molar-refractivity contribution in [3.05, 3.63) is 102 Å². The molecule has 6 rings (SSSR count). The maximum absolute atomic E-state index is 14.6. The molecule has 2 saturated heterocycles. The number of hydrogen-bond donors (Lipinski definition) is 1. The van der Waals surface area contributed by atoms with Gasteiger partial charge in [-0.2, -0.15) is 0 Å². The van der Waals surface area contributed by atoms with Crippen LogP contribution in [-0.2, 0) is 21.7 Å². The van der Waals surface area contributed by atoms with Gasteiger partial charge in [0.15, 0.2) is 5.54 Å². The van der Waals surface area contributed by atoms with Gasteiger partial charge in [-0.15, -0.1) is 0 Å². The number of carbonyl (C=O) groups excluding carboxylic acids is 2. The molecule has 34 heavy (non-hydrogen) atoms. The van der Waals surface area contributed by atoms with Gasteiger partial charge in [0.2, 0.25) is 5.91 Å². The van der Waals surface area contributed by atoms with E-state index in [1.807, 2.05) is 79.8 Å². The van der Waals surface area contributed by atoms with Crippen LogP contribution in [0.25, 0.3) is 0 Å². The first-order valence-electron chi connectivity index (χ1n) is 11.3. The highest BCUT2D eigenvalue weighted by molar-refractivity contribution is 8.25. The van der Waals surface area contributed by atoms with Crippen molar-refractivity contribution < 1.29 is 9.59 Å². The summed E-state index contributed by atoms with van der Waals surface area (Å²) in [6, 6.07) is 27.6. The lowest BCUT2D eigenvalue weighted by Crippen LogP contribution is -2.61. The smallest absolute Gasteiger partial charge is 0.251 e. The van der Waals surface area contributed by atoms with Gasteiger partial charge in [-0.25, -0.2) is 0 Å². The van der Waals surface area contributed by atoms with Crippen molar-refractivity contribution in [2.45, 2.75) is 22.7 Å². The molecule has 170 valence electrons. The Morgan fingerprint density at radius 1 is 0.971 bits per heavy atom. The second-order valence-corrected chi connectivity index (χ2v) is 10.9. The fourth-order valence-electron chi connectivity index (χ4n) is 5.96. The molecule has 3 heterocycles. The molecule has 3 aromatic carbocycles. The van der Waals surface area contributed by atoms with E-state index in [1.54, 1.807) is 4.90 Å². The maximum atomic E-state index is 14.6. The lowest BCUT2D eigenvalue weighted by atomic mass is 9.72. The molecule has 2 amide bonds. The molecule has 3 atom stereocenters. The minimum Gasteiger partial charge on any atom is -0.324 e. The van der Waals surface area contributed by atoms with Crippen LogP contribution in [-0.4, -0.2) is 44.3 Å². The summed E-state index contributed by atoms with van der Waals surface area (Å²) in [4.78, 5) is 32.3. The zero-order valence-corrected chi connectivity index (χ0v) is 20.2. The molecule has 0 bridgehead atoms. The van der Waals surface area contributed by atoms with E-state index < -0.39 is 10.3 Å². The second kappa shape index (κ2) is 7.77. The van der Waals surface area contributed by atoms with Gasteiger partial charge in [-0.3, -0.25) is 19.4 Å². The van der Waals surface area contributed by atoms with Crippen LogP contribution in [0.4, 0.5) is 5.69 Å². The first kappa shape index (κ1) is 21.5. The average molecular weight is 486 g/mol. The van der Waals surface area contributed by atoms with Gasteiger partial charge < -0.3 is 5.32 Å². The summed E-state index contributed by atoms with van der Waals surface area (Å²) in [5.41, 5.74) is 2.47. The molecule has 3 aliphatic rings. The van der Waals surface area contributed by atoms with Gasteiger partial charge in [0.1, 0.15) is 9.07 Å². The Balaban J connectivity index is 1.57. The van der Waals surface area contributed by atoms with E-state index >= 15 is 0 Å². The fraction of sp³-hybridized carbons (Fsp3) is 0.222. The number of carbonyl (C=O) groups is 2. The predicted octanol–water partition coefficient (Wildman–Crippen LogP) is 4.36. The van der Waals surface area contributed by atoms with Crippen LogP contribution in [0.2, 0.25) is 0 Å². The number of nitrogens with zero attached hydrogens (tertiary/aromatic N) is 2. The van der Waals surface area contributed by atoms with E-state index in [2.05, 4.69) is 22.3 Å². The lowest BCUT2D eigenvalue weighted by molar-refractivity contribution is -0.138. The summed E-state index contributed by atoms with van der Waals surface area (Å²) < 4.78 is -0.604. The van der Waals surface area contributed by atoms with Crippen LogP contribution in [0.5, 0.6) is 0 Å². The number of thioether (sulfide) groups is 1. The zero-order valence-electron chi connectivity index (χ0n) is 18.6. The molecule has 1 N–H and O–H groups in total. The molecule has 3 aliphatic heterocycles. The number of benzene rings is 3. The molecule has 2 spiro atoms. The van der Waals surface area contributed by atoms with Gasteiger partial charge in [0.05, 0.1) is 6.54 Å². The monoisotopic (exact) mass is 485 g/mol. The van der Waals surface area contributed by atoms with Crippen molar-refractivity contribution in [3.8, 4) is 0 Å². The van der Waals surface area contributed by atoms with Crippen molar-refractivity contribution in [2.24, 2.45) is 0 Å². The minimum absolute atomic E-state index is 0.101. The molecule has 2 fully saturated rings. The summed E-state index contributed by atoms with van der Waals surface area (Å²) in [7, 11) is 1.95. The van der Waals surface area contributed by atoms with Gasteiger partial charge in [0.25, 0.3) is 5.91 Å². The van der Waals surface area contributed by atoms with Gasteiger partial charge in [0, 0.05) is 23.7 Å². The SMILES string of the molecule is CN1CC(c2ccccc2)C2(SC(=S)N(Cc3ccccc3)C2=O)C12C(=O)Nc1ccccc12. The Kier molecular flexibility index (Phi) is 4.92. The molecule has 5 nitrogen and oxygen atoms in total. The second-order valence-electron chi connectivity index (χ2n) is 9.03. The van der Waals surface area contributed by atoms with E-state index in [-0.39, 0.29) is 17.7 Å². The zero-order chi connectivity index (χ0) is 23.5. The van der Waals surface area contributed by atoms with Crippen molar-refractivity contribution in [1.29, 1.82) is 0 Å². The van der Waals surface area contributed by atoms with Crippen LogP contribution in [0, 0.1) is 0 Å². The molecule has 0 radical (unpaired) electrons. The Bertz CT molecular complexity index is 1320. The largest absolute Gasteiger partial charge is 0.324 e. The van der Waals surface area contributed by atoms with Crippen LogP contribution < -0.4 is 5.32 Å². The summed E-state index contributed by atoms with van der Waals surface area (Å²) in [5.74, 6) is -0.483. The third-order valence-electron chi connectivity index (χ3n) is 7.37. The third-order valence-corrected chi connectivity index (χ3v) is 9.31. The Hall–Kier alpha value is -3.00. The van der Waals surface area contributed by atoms with Crippen LogP contribution >= 0.6 is 24.0 Å². The summed E-state index contributed by atoms with van der Waals surface area (Å²) in [6.07, 6.45) is 0. The number of likely N-dealkylation sites (N-methyl/N-ethyl adjacent to an activating group) is 1. The Labute approximate surface area is 208 Å². The van der Waals surface area contributed by atoms with E-state index in [9.17, 15) is 9.59 Å². The number of anilines is 1. The van der Waals surface area contributed by atoms with Crippen LogP contribution in [0.3, 0.4) is 0 Å². The maximum Gasteiger partial charge on any atom is 0.251 e. The van der Waals surface area contributed by atoms with E-state index in [1.165, 1.54) is 11.8 Å². The molecular weight excluding hydrogens is 462 g/mol. The van der Waals surface area contributed by atoms with E-state index in [0.29, 0.717) is 17.4 Å². The highest BCUT2D eigenvalue weighted by Crippen LogP contribution is 2.65. The number of rotatable bonds is 3. The highest BCUT2D eigenvalue weighted by atomic mass is 32.2. The number of amides is 2. The summed E-state index contributed by atoms with van der Waals surface area (Å²) in [6.45, 7) is 0.949. The third kappa shape index (κ3) is 2.69. The van der Waals surface area contributed by atoms with Gasteiger partial charge in [-0.05, 0) is 24.2 Å². The van der Waals surface area contributed by atoms with Crippen LogP contribution in [0.1, 0.15) is 22.6 Å². The number of hydrogen-bond acceptors (Lipinski definition) is 5. The standard InChI is InChI=1S/C27H23N3O2S2/c1-29-17-21(19-12-6-3-7-13-19)27(26(29)20-14-8-9-15-22(20)28-23(26)31)24(32)30(25(33)34-27)16-18-10-4-2-5-11-18/h2-15,21H,16-17H2,1H3,(H,28,31). The number of likely N-dealkylation sites (tertiary alicyclic amines) is 1. The predicted molar refractivity (Wildman–Crippen MR) is 138 cm³/mol. The molecule has 0 aromatic heterocycles. The Morgan fingerprint density at radius 2 is 1.62 bits per heavy atom. The summed E-state index contributed by atoms with van der Waals surface area (Å²) in [5, 5.41) is 3.08. The number of fused-ring (bicyclic) bond motifs is 3. The number of nitrogens with one attached hydrogen (secondary N) is 1. The highest BCUT2D eigenvalue weighted by Gasteiger charge is 2.77. The van der Waals surface area contributed by atoms with Crippen molar-refractivity contribution in [3.63, 3.8) is 0 Å². The van der Waals surface area contributed by atoms with Crippen molar-refractivity contribution in [1.82, 2.24) is 9.80 Å². The van der Waals surface area contributed by atoms with E-state index in [4.69, 9.17) is 12.2 Å². The lowest BCUT2D eigenvalue weighted by Gasteiger charge is -2.41. The quantitative estimate of drug-likeness (QED) is 0.559. The first-order chi connectivity index (χ1) is 16.5. The van der Waals surface area contributed by atoms with Crippen LogP contribution in [0.15, 0.2) is 84.9 Å². The number of thiocarbonyl (C=S) groups is 1. The number of para-hydroxylation sites is 1. The Morgan fingerprint density at radius 3 is 2.35 bits per heavy atom. The molecule has 0 saturated carbocycles. The molecule has 3 aromatic rings. The summed E-state index contributed by atoms with van der Waals surface area (Å²) >= 11 is 7.23. The van der Waals surface area contributed by atoms with Gasteiger partial charge >= 0.3 is 0 Å². The molecular formula is C27H23N3O2S2. The first-order valence-corrected chi connectivity index (χ1v) is 12.5. The fourth-order valence-corrected chi connectivity index (χ4v) is 8.09. The van der Waals surface area contributed by atoms with E-state index in [0.717, 1.165) is 22.4 Å². The topological polar surface area (TPSA) is 52.7 Å². The molecule has 0 aliphatic carbocycles. The normalized spacial score (nSPS) is 28.2. The molecule has 3 unspecified atom stereocenters. The van der Waals surface area contributed by atoms with Crippen molar-refractivity contribution in [2.75, 3.05) is 18.9 Å².